The molecule has 0 aromatic heterocycles. The van der Waals surface area contributed by atoms with Gasteiger partial charge in [0.15, 0.2) is 0 Å². The fourth-order valence-electron chi connectivity index (χ4n) is 1.58. The molecule has 0 atom stereocenters. The highest BCUT2D eigenvalue weighted by atomic mass is 32.2. The van der Waals surface area contributed by atoms with Crippen LogP contribution in [0.5, 0.6) is 0 Å². The summed E-state index contributed by atoms with van der Waals surface area (Å²) in [7, 11) is 0. The molecule has 0 radical (unpaired) electrons. The van der Waals surface area contributed by atoms with Crippen LogP contribution < -0.4 is 5.32 Å². The maximum atomic E-state index is 5.35. The summed E-state index contributed by atoms with van der Waals surface area (Å²) in [5.41, 5.74) is 0.302. The van der Waals surface area contributed by atoms with Crippen LogP contribution in [0, 0.1) is 0 Å². The zero-order valence-corrected chi connectivity index (χ0v) is 11.2. The first-order valence-electron chi connectivity index (χ1n) is 6.08. The average Bonchev–Trinajstić information content (AvgIpc) is 2.26. The lowest BCUT2D eigenvalue weighted by Gasteiger charge is -2.26. The Morgan fingerprint density at radius 1 is 1.33 bits per heavy atom. The van der Waals surface area contributed by atoms with Crippen LogP contribution in [0.25, 0.3) is 0 Å². The van der Waals surface area contributed by atoms with Gasteiger partial charge in [0.2, 0.25) is 0 Å². The quantitative estimate of drug-likeness (QED) is 0.710. The van der Waals surface area contributed by atoms with E-state index in [1.807, 2.05) is 0 Å². The van der Waals surface area contributed by atoms with E-state index in [0.717, 1.165) is 25.0 Å². The van der Waals surface area contributed by atoms with Crippen molar-refractivity contribution in [1.29, 1.82) is 0 Å². The zero-order valence-electron chi connectivity index (χ0n) is 10.3. The minimum absolute atomic E-state index is 0.302. The van der Waals surface area contributed by atoms with Crippen LogP contribution in [0.4, 0.5) is 0 Å². The molecule has 1 saturated heterocycles. The molecule has 90 valence electrons. The van der Waals surface area contributed by atoms with E-state index in [2.05, 4.69) is 37.8 Å². The molecule has 1 N–H and O–H groups in total. The van der Waals surface area contributed by atoms with Gasteiger partial charge in [-0.2, -0.15) is 11.8 Å². The van der Waals surface area contributed by atoms with E-state index in [-0.39, 0.29) is 0 Å². The van der Waals surface area contributed by atoms with Gasteiger partial charge >= 0.3 is 0 Å². The van der Waals surface area contributed by atoms with E-state index in [1.54, 1.807) is 0 Å². The third-order valence-corrected chi connectivity index (χ3v) is 4.49. The third kappa shape index (κ3) is 5.79. The summed E-state index contributed by atoms with van der Waals surface area (Å²) >= 11 is 2.11. The summed E-state index contributed by atoms with van der Waals surface area (Å²) in [6.45, 7) is 9.83. The summed E-state index contributed by atoms with van der Waals surface area (Å²) in [4.78, 5) is 0. The van der Waals surface area contributed by atoms with E-state index in [1.165, 1.54) is 25.0 Å². The van der Waals surface area contributed by atoms with Crippen molar-refractivity contribution in [3.8, 4) is 0 Å². The molecule has 1 aliphatic heterocycles. The van der Waals surface area contributed by atoms with Crippen LogP contribution in [0.15, 0.2) is 0 Å². The van der Waals surface area contributed by atoms with Crippen LogP contribution >= 0.6 is 11.8 Å². The van der Waals surface area contributed by atoms with Crippen LogP contribution in [0.1, 0.15) is 40.0 Å². The van der Waals surface area contributed by atoms with Gasteiger partial charge in [0.25, 0.3) is 0 Å². The number of ether oxygens (including phenoxy) is 1. The predicted octanol–water partition coefficient (Wildman–Crippen LogP) is 2.68. The van der Waals surface area contributed by atoms with Crippen molar-refractivity contribution < 1.29 is 4.74 Å². The van der Waals surface area contributed by atoms with Crippen LogP contribution in [-0.4, -0.2) is 36.3 Å². The molecule has 0 saturated carbocycles. The first kappa shape index (κ1) is 13.3. The predicted molar refractivity (Wildman–Crippen MR) is 68.7 cm³/mol. The van der Waals surface area contributed by atoms with Crippen molar-refractivity contribution in [2.45, 2.75) is 50.8 Å². The summed E-state index contributed by atoms with van der Waals surface area (Å²) in [6, 6.07) is 0. The van der Waals surface area contributed by atoms with Crippen molar-refractivity contribution >= 4 is 11.8 Å². The molecule has 15 heavy (non-hydrogen) atoms. The molecule has 0 amide bonds. The minimum atomic E-state index is 0.302. The zero-order chi connectivity index (χ0) is 11.1. The van der Waals surface area contributed by atoms with E-state index in [9.17, 15) is 0 Å². The Hall–Kier alpha value is 0.270. The van der Waals surface area contributed by atoms with E-state index >= 15 is 0 Å². The van der Waals surface area contributed by atoms with Crippen molar-refractivity contribution in [1.82, 2.24) is 5.32 Å². The van der Waals surface area contributed by atoms with Gasteiger partial charge < -0.3 is 10.1 Å². The fourth-order valence-corrected chi connectivity index (χ4v) is 2.66. The Kier molecular flexibility index (Phi) is 6.02. The lowest BCUT2D eigenvalue weighted by molar-refractivity contribution is 0.100. The molecule has 1 rings (SSSR count). The van der Waals surface area contributed by atoms with Gasteiger partial charge in [-0.05, 0) is 33.1 Å². The Morgan fingerprint density at radius 3 is 2.60 bits per heavy atom. The normalized spacial score (nSPS) is 19.4. The lowest BCUT2D eigenvalue weighted by Crippen LogP contribution is -2.40. The first-order valence-corrected chi connectivity index (χ1v) is 7.13. The van der Waals surface area contributed by atoms with Crippen molar-refractivity contribution in [3.05, 3.63) is 0 Å². The molecule has 1 aliphatic rings. The first-order chi connectivity index (χ1) is 7.14. The molecule has 0 bridgehead atoms. The molecular formula is C12H25NOS. The Balaban J connectivity index is 2.00. The molecule has 1 fully saturated rings. The number of nitrogens with one attached hydrogen (secondary N) is 1. The summed E-state index contributed by atoms with van der Waals surface area (Å²) in [6.07, 6.45) is 3.67. The molecular weight excluding hydrogens is 206 g/mol. The second-order valence-corrected chi connectivity index (χ2v) is 6.25. The molecule has 0 aliphatic carbocycles. The molecule has 0 unspecified atom stereocenters. The van der Waals surface area contributed by atoms with E-state index < -0.39 is 0 Å². The molecule has 0 spiro atoms. The van der Waals surface area contributed by atoms with E-state index in [4.69, 9.17) is 4.74 Å². The summed E-state index contributed by atoms with van der Waals surface area (Å²) in [5.74, 6) is 1.23. The highest BCUT2D eigenvalue weighted by Gasteiger charge is 2.15. The van der Waals surface area contributed by atoms with Gasteiger partial charge in [-0.3, -0.25) is 0 Å². The monoisotopic (exact) mass is 231 g/mol. The summed E-state index contributed by atoms with van der Waals surface area (Å²) in [5, 5.41) is 4.43. The van der Waals surface area contributed by atoms with Gasteiger partial charge in [0.05, 0.1) is 0 Å². The maximum absolute atomic E-state index is 5.35. The molecule has 1 heterocycles. The highest BCUT2D eigenvalue weighted by molar-refractivity contribution is 7.99. The SMILES string of the molecule is CCC(C)(C)NCCSC1CCOCC1. The molecule has 0 aromatic rings. The standard InChI is InChI=1S/C12H25NOS/c1-4-12(2,3)13-7-10-15-11-5-8-14-9-6-11/h11,13H,4-10H2,1-3H3. The number of hydrogen-bond donors (Lipinski definition) is 1. The molecule has 0 aromatic carbocycles. The number of rotatable bonds is 6. The van der Waals surface area contributed by atoms with Gasteiger partial charge in [-0.25, -0.2) is 0 Å². The number of thioether (sulfide) groups is 1. The van der Waals surface area contributed by atoms with Crippen molar-refractivity contribution in [2.24, 2.45) is 0 Å². The van der Waals surface area contributed by atoms with Gasteiger partial charge in [0.1, 0.15) is 0 Å². The highest BCUT2D eigenvalue weighted by Crippen LogP contribution is 2.21. The van der Waals surface area contributed by atoms with Crippen LogP contribution in [-0.2, 0) is 4.74 Å². The Labute approximate surface area is 98.5 Å². The largest absolute Gasteiger partial charge is 0.381 e. The van der Waals surface area contributed by atoms with Gasteiger partial charge in [0, 0.05) is 36.3 Å². The second kappa shape index (κ2) is 6.77. The van der Waals surface area contributed by atoms with Crippen LogP contribution in [0.2, 0.25) is 0 Å². The second-order valence-electron chi connectivity index (χ2n) is 4.85. The summed E-state index contributed by atoms with van der Waals surface area (Å²) < 4.78 is 5.35. The average molecular weight is 231 g/mol. The molecule has 2 nitrogen and oxygen atoms in total. The number of hydrogen-bond acceptors (Lipinski definition) is 3. The molecule has 3 heteroatoms. The van der Waals surface area contributed by atoms with Gasteiger partial charge in [-0.15, -0.1) is 0 Å². The van der Waals surface area contributed by atoms with Gasteiger partial charge in [-0.1, -0.05) is 6.92 Å². The third-order valence-electron chi connectivity index (χ3n) is 3.11. The Morgan fingerprint density at radius 2 is 2.00 bits per heavy atom. The Bertz CT molecular complexity index is 167. The topological polar surface area (TPSA) is 21.3 Å². The van der Waals surface area contributed by atoms with Crippen molar-refractivity contribution in [2.75, 3.05) is 25.5 Å². The lowest BCUT2D eigenvalue weighted by atomic mass is 10.0. The van der Waals surface area contributed by atoms with E-state index in [0.29, 0.717) is 5.54 Å². The smallest absolute Gasteiger partial charge is 0.0476 e. The minimum Gasteiger partial charge on any atom is -0.381 e. The fraction of sp³-hybridized carbons (Fsp3) is 1.00. The van der Waals surface area contributed by atoms with Crippen LogP contribution in [0.3, 0.4) is 0 Å². The maximum Gasteiger partial charge on any atom is 0.0476 e. The van der Waals surface area contributed by atoms with Crippen molar-refractivity contribution in [3.63, 3.8) is 0 Å².